The minimum atomic E-state index is -0.0138. The summed E-state index contributed by atoms with van der Waals surface area (Å²) >= 11 is 5.97. The third kappa shape index (κ3) is 4.31. The highest BCUT2D eigenvalue weighted by Crippen LogP contribution is 2.21. The zero-order valence-corrected chi connectivity index (χ0v) is 14.4. The van der Waals surface area contributed by atoms with Crippen LogP contribution in [0.2, 0.25) is 5.02 Å². The van der Waals surface area contributed by atoms with E-state index < -0.39 is 0 Å². The number of rotatable bonds is 5. The molecular formula is C20H16ClN3O. The van der Waals surface area contributed by atoms with Crippen LogP contribution in [0.5, 0.6) is 0 Å². The van der Waals surface area contributed by atoms with Crippen LogP contribution in [0.1, 0.15) is 15.9 Å². The molecule has 0 saturated heterocycles. The van der Waals surface area contributed by atoms with Crippen molar-refractivity contribution in [3.8, 4) is 0 Å². The van der Waals surface area contributed by atoms with Crippen LogP contribution in [0.15, 0.2) is 89.2 Å². The van der Waals surface area contributed by atoms with E-state index in [-0.39, 0.29) is 5.78 Å². The number of nitrogens with zero attached hydrogens (tertiary/aromatic N) is 3. The van der Waals surface area contributed by atoms with Gasteiger partial charge in [-0.3, -0.25) is 4.79 Å². The molecular weight excluding hydrogens is 334 g/mol. The van der Waals surface area contributed by atoms with E-state index in [2.05, 4.69) is 10.3 Å². The zero-order chi connectivity index (χ0) is 17.6. The fraction of sp³-hybridized carbons (Fsp3) is 0.0500. The van der Waals surface area contributed by atoms with Crippen molar-refractivity contribution in [2.24, 2.45) is 10.3 Å². The maximum Gasteiger partial charge on any atom is 0.193 e. The second kappa shape index (κ2) is 7.73. The molecule has 5 heteroatoms. The van der Waals surface area contributed by atoms with Gasteiger partial charge in [0.15, 0.2) is 5.78 Å². The molecule has 0 unspecified atom stereocenters. The van der Waals surface area contributed by atoms with Crippen molar-refractivity contribution >= 4 is 28.8 Å². The molecule has 0 aliphatic heterocycles. The van der Waals surface area contributed by atoms with Gasteiger partial charge in [-0.15, -0.1) is 5.11 Å². The average molecular weight is 350 g/mol. The summed E-state index contributed by atoms with van der Waals surface area (Å²) in [5.74, 6) is -0.0138. The molecule has 0 bridgehead atoms. The Labute approximate surface area is 151 Å². The molecule has 0 saturated carbocycles. The fourth-order valence-electron chi connectivity index (χ4n) is 2.28. The first-order chi connectivity index (χ1) is 12.1. The molecule has 0 heterocycles. The van der Waals surface area contributed by atoms with E-state index in [1.807, 2.05) is 36.4 Å². The van der Waals surface area contributed by atoms with E-state index in [1.54, 1.807) is 54.5 Å². The summed E-state index contributed by atoms with van der Waals surface area (Å²) in [4.78, 5) is 12.4. The van der Waals surface area contributed by atoms with E-state index in [4.69, 9.17) is 11.6 Å². The Morgan fingerprint density at radius 3 is 2.24 bits per heavy atom. The molecule has 0 atom stereocenters. The van der Waals surface area contributed by atoms with Crippen LogP contribution >= 0.6 is 11.6 Å². The van der Waals surface area contributed by atoms with Crippen LogP contribution in [-0.2, 0) is 0 Å². The van der Waals surface area contributed by atoms with Gasteiger partial charge in [0.1, 0.15) is 0 Å². The zero-order valence-electron chi connectivity index (χ0n) is 13.6. The van der Waals surface area contributed by atoms with E-state index in [1.165, 1.54) is 0 Å². The molecule has 3 rings (SSSR count). The summed E-state index contributed by atoms with van der Waals surface area (Å²) in [5.41, 5.74) is 2.79. The van der Waals surface area contributed by atoms with Crippen LogP contribution in [0.25, 0.3) is 0 Å². The SMILES string of the molecule is CN(N=Nc1ccc(C(=O)c2ccccc2)cc1)c1cccc(Cl)c1. The average Bonchev–Trinajstić information content (AvgIpc) is 2.66. The first-order valence-corrected chi connectivity index (χ1v) is 8.12. The minimum absolute atomic E-state index is 0.0138. The van der Waals surface area contributed by atoms with Crippen LogP contribution in [0, 0.1) is 0 Å². The Morgan fingerprint density at radius 1 is 0.880 bits per heavy atom. The Balaban J connectivity index is 1.71. The number of anilines is 1. The summed E-state index contributed by atoms with van der Waals surface area (Å²) < 4.78 is 0. The predicted molar refractivity (Wildman–Crippen MR) is 101 cm³/mol. The highest BCUT2D eigenvalue weighted by Gasteiger charge is 2.08. The first kappa shape index (κ1) is 16.9. The molecule has 124 valence electrons. The standard InChI is InChI=1S/C20H16ClN3O/c1-24(19-9-5-8-17(21)14-19)23-22-18-12-10-16(11-13-18)20(25)15-6-3-2-4-7-15/h2-14H,1H3. The number of halogens is 1. The van der Waals surface area contributed by atoms with E-state index in [0.717, 1.165) is 5.69 Å². The maximum atomic E-state index is 12.4. The van der Waals surface area contributed by atoms with Crippen molar-refractivity contribution < 1.29 is 4.79 Å². The van der Waals surface area contributed by atoms with Crippen molar-refractivity contribution in [3.05, 3.63) is 95.0 Å². The van der Waals surface area contributed by atoms with Crippen molar-refractivity contribution in [1.82, 2.24) is 0 Å². The summed E-state index contributed by atoms with van der Waals surface area (Å²) in [6, 6.07) is 23.6. The van der Waals surface area contributed by atoms with Crippen LogP contribution in [-0.4, -0.2) is 12.8 Å². The Morgan fingerprint density at radius 2 is 1.56 bits per heavy atom. The monoisotopic (exact) mass is 349 g/mol. The molecule has 0 radical (unpaired) electrons. The number of ketones is 1. The molecule has 0 aromatic heterocycles. The van der Waals surface area contributed by atoms with Gasteiger partial charge in [-0.25, -0.2) is 5.01 Å². The number of hydrogen-bond donors (Lipinski definition) is 0. The lowest BCUT2D eigenvalue weighted by atomic mass is 10.0. The number of carbonyl (C=O) groups is 1. The molecule has 0 amide bonds. The van der Waals surface area contributed by atoms with Gasteiger partial charge in [0.2, 0.25) is 0 Å². The van der Waals surface area contributed by atoms with Crippen molar-refractivity contribution in [1.29, 1.82) is 0 Å². The largest absolute Gasteiger partial charge is 0.289 e. The Kier molecular flexibility index (Phi) is 5.21. The van der Waals surface area contributed by atoms with Crippen molar-refractivity contribution in [2.45, 2.75) is 0 Å². The highest BCUT2D eigenvalue weighted by atomic mass is 35.5. The lowest BCUT2D eigenvalue weighted by molar-refractivity contribution is 0.103. The van der Waals surface area contributed by atoms with Crippen LogP contribution < -0.4 is 5.01 Å². The fourth-order valence-corrected chi connectivity index (χ4v) is 2.47. The van der Waals surface area contributed by atoms with Gasteiger partial charge in [-0.1, -0.05) is 53.2 Å². The number of carbonyl (C=O) groups excluding carboxylic acids is 1. The smallest absolute Gasteiger partial charge is 0.193 e. The van der Waals surface area contributed by atoms with Gasteiger partial charge in [0.25, 0.3) is 0 Å². The summed E-state index contributed by atoms with van der Waals surface area (Å²) in [6.07, 6.45) is 0. The van der Waals surface area contributed by atoms with Crippen molar-refractivity contribution in [2.75, 3.05) is 12.1 Å². The van der Waals surface area contributed by atoms with Crippen molar-refractivity contribution in [3.63, 3.8) is 0 Å². The molecule has 25 heavy (non-hydrogen) atoms. The second-order valence-corrected chi connectivity index (χ2v) is 5.87. The minimum Gasteiger partial charge on any atom is -0.289 e. The molecule has 0 fully saturated rings. The normalized spacial score (nSPS) is 10.8. The lowest BCUT2D eigenvalue weighted by Gasteiger charge is -2.11. The quantitative estimate of drug-likeness (QED) is 0.336. The molecule has 0 spiro atoms. The summed E-state index contributed by atoms with van der Waals surface area (Å²) in [7, 11) is 1.79. The number of benzene rings is 3. The lowest BCUT2D eigenvalue weighted by Crippen LogP contribution is -2.06. The molecule has 3 aromatic carbocycles. The first-order valence-electron chi connectivity index (χ1n) is 7.74. The van der Waals surface area contributed by atoms with E-state index >= 15 is 0 Å². The topological polar surface area (TPSA) is 45.0 Å². The van der Waals surface area contributed by atoms with Gasteiger partial charge < -0.3 is 0 Å². The van der Waals surface area contributed by atoms with E-state index in [9.17, 15) is 4.79 Å². The van der Waals surface area contributed by atoms with Crippen LogP contribution in [0.4, 0.5) is 11.4 Å². The van der Waals surface area contributed by atoms with E-state index in [0.29, 0.717) is 21.8 Å². The molecule has 4 nitrogen and oxygen atoms in total. The third-order valence-electron chi connectivity index (χ3n) is 3.64. The Bertz CT molecular complexity index is 892. The highest BCUT2D eigenvalue weighted by molar-refractivity contribution is 6.30. The van der Waals surface area contributed by atoms with Gasteiger partial charge in [0, 0.05) is 23.2 Å². The summed E-state index contributed by atoms with van der Waals surface area (Å²) in [6.45, 7) is 0. The molecule has 0 aliphatic rings. The Hall–Kier alpha value is -2.98. The summed E-state index contributed by atoms with van der Waals surface area (Å²) in [5, 5.41) is 10.6. The van der Waals surface area contributed by atoms with Gasteiger partial charge >= 0.3 is 0 Å². The third-order valence-corrected chi connectivity index (χ3v) is 3.88. The van der Waals surface area contributed by atoms with Gasteiger partial charge in [0.05, 0.1) is 11.4 Å². The number of hydrogen-bond acceptors (Lipinski definition) is 3. The molecule has 3 aromatic rings. The molecule has 0 aliphatic carbocycles. The molecule has 0 N–H and O–H groups in total. The van der Waals surface area contributed by atoms with Crippen LogP contribution in [0.3, 0.4) is 0 Å². The second-order valence-electron chi connectivity index (χ2n) is 5.43. The predicted octanol–water partition coefficient (Wildman–Crippen LogP) is 5.71. The van der Waals surface area contributed by atoms with Gasteiger partial charge in [-0.2, -0.15) is 0 Å². The van der Waals surface area contributed by atoms with Gasteiger partial charge in [-0.05, 0) is 42.5 Å². The maximum absolute atomic E-state index is 12.4.